The molecule has 0 aliphatic heterocycles. The van der Waals surface area contributed by atoms with Crippen molar-refractivity contribution in [1.82, 2.24) is 0 Å². The van der Waals surface area contributed by atoms with Crippen LogP contribution in [0.5, 0.6) is 5.75 Å². The topological polar surface area (TPSA) is 64.6 Å². The molecule has 0 saturated carbocycles. The maximum atomic E-state index is 12.6. The van der Waals surface area contributed by atoms with Gasteiger partial charge in [-0.05, 0) is 67.9 Å². The Morgan fingerprint density at radius 3 is 2.35 bits per heavy atom. The van der Waals surface area contributed by atoms with E-state index in [9.17, 15) is 9.59 Å². The normalized spacial score (nSPS) is 10.4. The van der Waals surface area contributed by atoms with Gasteiger partial charge in [-0.25, -0.2) is 4.79 Å². The summed E-state index contributed by atoms with van der Waals surface area (Å²) in [4.78, 5) is 25.8. The summed E-state index contributed by atoms with van der Waals surface area (Å²) in [5.74, 6) is 0.883. The van der Waals surface area contributed by atoms with E-state index >= 15 is 0 Å². The summed E-state index contributed by atoms with van der Waals surface area (Å²) in [6, 6.07) is 22.3. The first-order chi connectivity index (χ1) is 15.1. The van der Waals surface area contributed by atoms with Crippen molar-refractivity contribution in [3.05, 3.63) is 89.5 Å². The molecular formula is C25H25NO4S. The summed E-state index contributed by atoms with van der Waals surface area (Å²) >= 11 is 1.73. The monoisotopic (exact) mass is 435 g/mol. The van der Waals surface area contributed by atoms with Gasteiger partial charge in [0.25, 0.3) is 5.91 Å². The van der Waals surface area contributed by atoms with Crippen LogP contribution in [-0.2, 0) is 4.74 Å². The second-order valence-electron chi connectivity index (χ2n) is 6.74. The van der Waals surface area contributed by atoms with Crippen LogP contribution in [0.25, 0.3) is 0 Å². The Hall–Kier alpha value is -3.25. The molecule has 0 spiro atoms. The van der Waals surface area contributed by atoms with Crippen LogP contribution in [0.15, 0.2) is 77.7 Å². The number of anilines is 1. The zero-order valence-corrected chi connectivity index (χ0v) is 18.4. The smallest absolute Gasteiger partial charge is 0.338 e. The fraction of sp³-hybridized carbons (Fsp3) is 0.200. The number of thioether (sulfide) groups is 1. The largest absolute Gasteiger partial charge is 0.493 e. The Morgan fingerprint density at radius 1 is 0.935 bits per heavy atom. The van der Waals surface area contributed by atoms with Crippen LogP contribution in [0.1, 0.15) is 33.2 Å². The number of amides is 1. The van der Waals surface area contributed by atoms with Gasteiger partial charge in [-0.15, -0.1) is 11.8 Å². The van der Waals surface area contributed by atoms with Gasteiger partial charge in [0.05, 0.1) is 18.8 Å². The first-order valence-corrected chi connectivity index (χ1v) is 11.0. The highest BCUT2D eigenvalue weighted by molar-refractivity contribution is 7.99. The van der Waals surface area contributed by atoms with Gasteiger partial charge in [0.1, 0.15) is 5.75 Å². The molecule has 0 saturated heterocycles. The maximum Gasteiger partial charge on any atom is 0.338 e. The van der Waals surface area contributed by atoms with Gasteiger partial charge in [-0.1, -0.05) is 24.3 Å². The molecule has 0 aliphatic carbocycles. The van der Waals surface area contributed by atoms with E-state index in [1.54, 1.807) is 61.2 Å². The second kappa shape index (κ2) is 11.2. The number of ether oxygens (including phenoxy) is 2. The van der Waals surface area contributed by atoms with Crippen LogP contribution >= 0.6 is 11.8 Å². The lowest BCUT2D eigenvalue weighted by Crippen LogP contribution is -2.14. The van der Waals surface area contributed by atoms with Crippen molar-refractivity contribution in [3.63, 3.8) is 0 Å². The molecule has 0 unspecified atom stereocenters. The molecule has 1 amide bonds. The molecule has 160 valence electrons. The number of nitrogens with one attached hydrogen (secondary N) is 1. The van der Waals surface area contributed by atoms with E-state index in [4.69, 9.17) is 9.47 Å². The SMILES string of the molecule is CCOC(=O)c1ccc(C)c(NC(=O)c2ccc(OCCSc3ccccc3)cc2)c1. The maximum absolute atomic E-state index is 12.6. The number of rotatable bonds is 9. The van der Waals surface area contributed by atoms with Crippen LogP contribution < -0.4 is 10.1 Å². The quantitative estimate of drug-likeness (QED) is 0.269. The van der Waals surface area contributed by atoms with E-state index in [2.05, 4.69) is 17.4 Å². The minimum atomic E-state index is -0.412. The van der Waals surface area contributed by atoms with E-state index < -0.39 is 5.97 Å². The van der Waals surface area contributed by atoms with E-state index in [0.717, 1.165) is 11.3 Å². The zero-order chi connectivity index (χ0) is 22.1. The minimum absolute atomic E-state index is 0.254. The van der Waals surface area contributed by atoms with Gasteiger partial charge in [0, 0.05) is 21.9 Å². The van der Waals surface area contributed by atoms with Gasteiger partial charge in [-0.3, -0.25) is 4.79 Å². The van der Waals surface area contributed by atoms with Crippen molar-refractivity contribution in [3.8, 4) is 5.75 Å². The fourth-order valence-corrected chi connectivity index (χ4v) is 3.58. The molecule has 0 atom stereocenters. The molecular weight excluding hydrogens is 410 g/mol. The van der Waals surface area contributed by atoms with Crippen molar-refractivity contribution in [2.24, 2.45) is 0 Å². The van der Waals surface area contributed by atoms with Gasteiger partial charge in [0.15, 0.2) is 0 Å². The third-order valence-electron chi connectivity index (χ3n) is 4.48. The molecule has 1 N–H and O–H groups in total. The van der Waals surface area contributed by atoms with Crippen molar-refractivity contribution < 1.29 is 19.1 Å². The summed E-state index contributed by atoms with van der Waals surface area (Å²) in [6.07, 6.45) is 0. The Balaban J connectivity index is 1.54. The van der Waals surface area contributed by atoms with Gasteiger partial charge in [0.2, 0.25) is 0 Å². The average Bonchev–Trinajstić information content (AvgIpc) is 2.79. The number of esters is 1. The predicted molar refractivity (Wildman–Crippen MR) is 124 cm³/mol. The van der Waals surface area contributed by atoms with Crippen molar-refractivity contribution in [1.29, 1.82) is 0 Å². The summed E-state index contributed by atoms with van der Waals surface area (Å²) in [5.41, 5.74) is 2.35. The number of aryl methyl sites for hydroxylation is 1. The van der Waals surface area contributed by atoms with Gasteiger partial charge >= 0.3 is 5.97 Å². The van der Waals surface area contributed by atoms with E-state index in [1.807, 2.05) is 25.1 Å². The Kier molecular flexibility index (Phi) is 8.12. The summed E-state index contributed by atoms with van der Waals surface area (Å²) in [6.45, 7) is 4.50. The molecule has 3 rings (SSSR count). The van der Waals surface area contributed by atoms with E-state index in [1.165, 1.54) is 4.90 Å². The molecule has 0 aliphatic rings. The number of hydrogen-bond donors (Lipinski definition) is 1. The molecule has 3 aromatic carbocycles. The lowest BCUT2D eigenvalue weighted by Gasteiger charge is -2.11. The molecule has 3 aromatic rings. The minimum Gasteiger partial charge on any atom is -0.493 e. The molecule has 0 heterocycles. The Bertz CT molecular complexity index is 1020. The Labute approximate surface area is 186 Å². The van der Waals surface area contributed by atoms with Crippen LogP contribution in [0, 0.1) is 6.92 Å². The molecule has 0 aromatic heterocycles. The number of benzene rings is 3. The summed E-state index contributed by atoms with van der Waals surface area (Å²) < 4.78 is 10.8. The summed E-state index contributed by atoms with van der Waals surface area (Å²) in [7, 11) is 0. The van der Waals surface area contributed by atoms with Crippen LogP contribution in [-0.4, -0.2) is 30.8 Å². The van der Waals surface area contributed by atoms with Gasteiger partial charge in [-0.2, -0.15) is 0 Å². The molecule has 31 heavy (non-hydrogen) atoms. The first kappa shape index (κ1) is 22.4. The molecule has 5 nitrogen and oxygen atoms in total. The van der Waals surface area contributed by atoms with Crippen LogP contribution in [0.4, 0.5) is 5.69 Å². The number of carbonyl (C=O) groups is 2. The number of hydrogen-bond acceptors (Lipinski definition) is 5. The van der Waals surface area contributed by atoms with Crippen molar-refractivity contribution in [2.75, 3.05) is 24.3 Å². The number of carbonyl (C=O) groups excluding carboxylic acids is 2. The van der Waals surface area contributed by atoms with Gasteiger partial charge < -0.3 is 14.8 Å². The molecule has 0 radical (unpaired) electrons. The highest BCUT2D eigenvalue weighted by Crippen LogP contribution is 2.21. The zero-order valence-electron chi connectivity index (χ0n) is 17.6. The standard InChI is InChI=1S/C25H25NO4S/c1-3-29-25(28)20-10-9-18(2)23(17-20)26-24(27)19-11-13-21(14-12-19)30-15-16-31-22-7-5-4-6-8-22/h4-14,17H,3,15-16H2,1-2H3,(H,26,27). The van der Waals surface area contributed by atoms with E-state index in [0.29, 0.717) is 35.8 Å². The van der Waals surface area contributed by atoms with Crippen molar-refractivity contribution >= 4 is 29.3 Å². The second-order valence-corrected chi connectivity index (χ2v) is 7.91. The third-order valence-corrected chi connectivity index (χ3v) is 5.45. The molecule has 0 bridgehead atoms. The predicted octanol–water partition coefficient (Wildman–Crippen LogP) is 5.60. The highest BCUT2D eigenvalue weighted by atomic mass is 32.2. The van der Waals surface area contributed by atoms with Crippen LogP contribution in [0.2, 0.25) is 0 Å². The summed E-state index contributed by atoms with van der Waals surface area (Å²) in [5, 5.41) is 2.86. The Morgan fingerprint density at radius 2 is 1.65 bits per heavy atom. The average molecular weight is 436 g/mol. The molecule has 6 heteroatoms. The molecule has 0 fully saturated rings. The highest BCUT2D eigenvalue weighted by Gasteiger charge is 2.12. The lowest BCUT2D eigenvalue weighted by atomic mass is 10.1. The van der Waals surface area contributed by atoms with Crippen molar-refractivity contribution in [2.45, 2.75) is 18.7 Å². The fourth-order valence-electron chi connectivity index (χ4n) is 2.83. The van der Waals surface area contributed by atoms with E-state index in [-0.39, 0.29) is 5.91 Å². The first-order valence-electron chi connectivity index (χ1n) is 10.1. The third kappa shape index (κ3) is 6.62. The van der Waals surface area contributed by atoms with Crippen LogP contribution in [0.3, 0.4) is 0 Å². The lowest BCUT2D eigenvalue weighted by molar-refractivity contribution is 0.0526.